The summed E-state index contributed by atoms with van der Waals surface area (Å²) in [5.74, 6) is -2.16. The van der Waals surface area contributed by atoms with Gasteiger partial charge in [0.15, 0.2) is 25.0 Å². The van der Waals surface area contributed by atoms with E-state index in [0.29, 0.717) is 38.5 Å². The quantitative estimate of drug-likeness (QED) is 0.0649. The third-order valence-corrected chi connectivity index (χ3v) is 21.0. The van der Waals surface area contributed by atoms with Gasteiger partial charge in [0.25, 0.3) is 0 Å². The van der Waals surface area contributed by atoms with Crippen molar-refractivity contribution in [1.82, 2.24) is 0 Å². The van der Waals surface area contributed by atoms with Crippen LogP contribution in [0.4, 0.5) is 0 Å². The standard InChI is InChI=1S/C53H84O23/c1-48(2)14-16-53(47(68)76-45-37(64)34(61)32(59)26(20-55)71-45)17-15-51(6)22(23(53)18-48)8-9-28-50(5)12-11-29(49(3,4)27(50)10-13-52(28,51)7)72-46-38(65)39(73-44-36(63)33(60)31(58)25(19-54)70-44)40(41(75-46)42(66)67)74-43-35(62)30(57)24(56)21-69-43/h8,23-41,43-46,54-65H,9-21H2,1-7H3,(H,66,67). The van der Waals surface area contributed by atoms with E-state index < -0.39 is 165 Å². The van der Waals surface area contributed by atoms with Gasteiger partial charge >= 0.3 is 11.9 Å². The molecular weight excluding hydrogens is 1000 g/mol. The summed E-state index contributed by atoms with van der Waals surface area (Å²) in [5, 5.41) is 138. The minimum atomic E-state index is -2.03. The van der Waals surface area contributed by atoms with Crippen LogP contribution in [0, 0.1) is 50.2 Å². The molecule has 76 heavy (non-hydrogen) atoms. The second-order valence-electron chi connectivity index (χ2n) is 25.9. The van der Waals surface area contributed by atoms with Crippen molar-refractivity contribution >= 4 is 11.9 Å². The van der Waals surface area contributed by atoms with E-state index in [9.17, 15) is 76.0 Å². The number of hydrogen-bond acceptors (Lipinski definition) is 22. The number of rotatable bonds is 11. The van der Waals surface area contributed by atoms with E-state index in [1.165, 1.54) is 5.57 Å². The summed E-state index contributed by atoms with van der Waals surface area (Å²) in [7, 11) is 0. The number of ether oxygens (including phenoxy) is 8. The van der Waals surface area contributed by atoms with Gasteiger partial charge in [0.05, 0.1) is 31.3 Å². The molecule has 4 aliphatic heterocycles. The SMILES string of the molecule is CC1(C)CCC2(C(=O)OC3OC(CO)C(O)C(O)C3O)CCC3(C)C(=CCC4C5(C)CCC(OC6OC(C(=O)O)C(OC7OCC(O)C(O)C7O)C(OC7OC(CO)C(O)C(O)C7O)C6O)C(C)(C)C5CCC43C)C2C1. The van der Waals surface area contributed by atoms with Crippen LogP contribution in [0.25, 0.3) is 0 Å². The lowest BCUT2D eigenvalue weighted by atomic mass is 9.33. The van der Waals surface area contributed by atoms with Crippen LogP contribution < -0.4 is 0 Å². The number of carboxylic acids is 1. The van der Waals surface area contributed by atoms with Crippen molar-refractivity contribution < 1.29 is 114 Å². The molecular formula is C53H84O23. The molecule has 0 bridgehead atoms. The Labute approximate surface area is 442 Å². The van der Waals surface area contributed by atoms with E-state index >= 15 is 0 Å². The van der Waals surface area contributed by atoms with E-state index in [-0.39, 0.29) is 39.4 Å². The minimum Gasteiger partial charge on any atom is -0.479 e. The Morgan fingerprint density at radius 2 is 1.18 bits per heavy atom. The van der Waals surface area contributed by atoms with Gasteiger partial charge in [0.1, 0.15) is 85.5 Å². The Morgan fingerprint density at radius 3 is 1.82 bits per heavy atom. The number of carbonyl (C=O) groups excluding carboxylic acids is 1. The summed E-state index contributed by atoms with van der Waals surface area (Å²) < 4.78 is 47.5. The summed E-state index contributed by atoms with van der Waals surface area (Å²) >= 11 is 0. The van der Waals surface area contributed by atoms with E-state index in [2.05, 4.69) is 54.5 Å². The Hall–Kier alpha value is -2.08. The third-order valence-electron chi connectivity index (χ3n) is 21.0. The monoisotopic (exact) mass is 1090 g/mol. The maximum absolute atomic E-state index is 14.8. The normalized spacial score (nSPS) is 52.9. The molecule has 4 heterocycles. The molecule has 13 N–H and O–H groups in total. The van der Waals surface area contributed by atoms with Crippen molar-refractivity contribution in [3.63, 3.8) is 0 Å². The molecule has 0 radical (unpaired) electrons. The van der Waals surface area contributed by atoms with Gasteiger partial charge in [-0.05, 0) is 109 Å². The molecule has 0 spiro atoms. The zero-order chi connectivity index (χ0) is 55.6. The fourth-order valence-electron chi connectivity index (χ4n) is 16.2. The number of carboxylic acid groups (broad SMARTS) is 1. The van der Waals surface area contributed by atoms with Crippen molar-refractivity contribution in [2.75, 3.05) is 19.8 Å². The van der Waals surface area contributed by atoms with Crippen molar-refractivity contribution in [3.8, 4) is 0 Å². The van der Waals surface area contributed by atoms with E-state index in [1.54, 1.807) is 0 Å². The number of hydrogen-bond donors (Lipinski definition) is 13. The highest BCUT2D eigenvalue weighted by molar-refractivity contribution is 5.79. The number of allylic oxidation sites excluding steroid dienone is 2. The van der Waals surface area contributed by atoms with Crippen LogP contribution in [-0.4, -0.2) is 221 Å². The molecule has 27 atom stereocenters. The van der Waals surface area contributed by atoms with Crippen LogP contribution in [-0.2, 0) is 47.5 Å². The number of aliphatic carboxylic acids is 1. The average Bonchev–Trinajstić information content (AvgIpc) is 3.47. The van der Waals surface area contributed by atoms with Gasteiger partial charge < -0.3 is 104 Å². The zero-order valence-corrected chi connectivity index (χ0v) is 44.4. The largest absolute Gasteiger partial charge is 0.479 e. The molecule has 8 fully saturated rings. The predicted octanol–water partition coefficient (Wildman–Crippen LogP) is -1.30. The summed E-state index contributed by atoms with van der Waals surface area (Å²) in [6, 6.07) is 0. The summed E-state index contributed by atoms with van der Waals surface area (Å²) in [6.07, 6.45) is -25.0. The summed E-state index contributed by atoms with van der Waals surface area (Å²) in [5.41, 5.74) is -1.33. The van der Waals surface area contributed by atoms with E-state index in [0.717, 1.165) is 25.7 Å². The van der Waals surface area contributed by atoms with Crippen molar-refractivity contribution in [3.05, 3.63) is 11.6 Å². The molecule has 9 aliphatic rings. The van der Waals surface area contributed by atoms with Crippen LogP contribution in [0.3, 0.4) is 0 Å². The van der Waals surface area contributed by atoms with Crippen molar-refractivity contribution in [1.29, 1.82) is 0 Å². The first-order valence-corrected chi connectivity index (χ1v) is 27.2. The molecule has 4 saturated heterocycles. The summed E-state index contributed by atoms with van der Waals surface area (Å²) in [4.78, 5) is 27.9. The smallest absolute Gasteiger partial charge is 0.335 e. The molecule has 434 valence electrons. The Bertz CT molecular complexity index is 2140. The molecule has 4 saturated carbocycles. The topological polar surface area (TPSA) is 371 Å². The molecule has 23 nitrogen and oxygen atoms in total. The minimum absolute atomic E-state index is 0.0279. The van der Waals surface area contributed by atoms with Crippen LogP contribution in [0.5, 0.6) is 0 Å². The van der Waals surface area contributed by atoms with Crippen LogP contribution >= 0.6 is 0 Å². The average molecular weight is 1090 g/mol. The highest BCUT2D eigenvalue weighted by Gasteiger charge is 2.70. The van der Waals surface area contributed by atoms with Gasteiger partial charge in [0.2, 0.25) is 6.29 Å². The van der Waals surface area contributed by atoms with Crippen LogP contribution in [0.2, 0.25) is 0 Å². The van der Waals surface area contributed by atoms with Crippen molar-refractivity contribution in [2.45, 2.75) is 235 Å². The number of esters is 1. The molecule has 0 aromatic carbocycles. The lowest BCUT2D eigenvalue weighted by Crippen LogP contribution is -2.68. The van der Waals surface area contributed by atoms with Gasteiger partial charge in [-0.25, -0.2) is 4.79 Å². The second kappa shape index (κ2) is 21.0. The Morgan fingerprint density at radius 1 is 0.605 bits per heavy atom. The van der Waals surface area contributed by atoms with Crippen LogP contribution in [0.1, 0.15) is 113 Å². The van der Waals surface area contributed by atoms with Gasteiger partial charge in [-0.15, -0.1) is 0 Å². The van der Waals surface area contributed by atoms with E-state index in [1.807, 2.05) is 0 Å². The first-order chi connectivity index (χ1) is 35.5. The number of aliphatic hydroxyl groups is 12. The molecule has 0 amide bonds. The first kappa shape index (κ1) is 58.6. The highest BCUT2D eigenvalue weighted by atomic mass is 16.8. The van der Waals surface area contributed by atoms with Crippen LogP contribution in [0.15, 0.2) is 11.6 Å². The number of fused-ring (bicyclic) bond motifs is 7. The number of aliphatic hydroxyl groups excluding tert-OH is 12. The zero-order valence-electron chi connectivity index (χ0n) is 44.4. The Balaban J connectivity index is 0.970. The molecule has 5 aliphatic carbocycles. The molecule has 23 heteroatoms. The molecule has 0 aromatic rings. The Kier molecular flexibility index (Phi) is 16.2. The van der Waals surface area contributed by atoms with Crippen molar-refractivity contribution in [2.24, 2.45) is 50.2 Å². The second-order valence-corrected chi connectivity index (χ2v) is 25.9. The first-order valence-electron chi connectivity index (χ1n) is 27.2. The van der Waals surface area contributed by atoms with Gasteiger partial charge in [0, 0.05) is 0 Å². The fraction of sp³-hybridized carbons (Fsp3) is 0.925. The molecule has 27 unspecified atom stereocenters. The van der Waals surface area contributed by atoms with Gasteiger partial charge in [-0.2, -0.15) is 0 Å². The van der Waals surface area contributed by atoms with Gasteiger partial charge in [-0.3, -0.25) is 4.79 Å². The number of carbonyl (C=O) groups is 2. The summed E-state index contributed by atoms with van der Waals surface area (Å²) in [6.45, 7) is 13.7. The van der Waals surface area contributed by atoms with Gasteiger partial charge in [-0.1, -0.05) is 60.1 Å². The third kappa shape index (κ3) is 9.42. The van der Waals surface area contributed by atoms with E-state index in [4.69, 9.17) is 37.9 Å². The predicted molar refractivity (Wildman–Crippen MR) is 257 cm³/mol. The molecule has 9 rings (SSSR count). The lowest BCUT2D eigenvalue weighted by Gasteiger charge is -2.71. The lowest BCUT2D eigenvalue weighted by molar-refractivity contribution is -0.384. The highest BCUT2D eigenvalue weighted by Crippen LogP contribution is 2.76. The fourth-order valence-corrected chi connectivity index (χ4v) is 16.2. The maximum Gasteiger partial charge on any atom is 0.335 e. The molecule has 0 aromatic heterocycles. The maximum atomic E-state index is 14.8.